The van der Waals surface area contributed by atoms with Crippen molar-refractivity contribution in [1.82, 2.24) is 14.5 Å². The number of benzene rings is 3. The Kier molecular flexibility index (Phi) is 10.5. The summed E-state index contributed by atoms with van der Waals surface area (Å²) in [7, 11) is -1.29. The molecule has 0 aliphatic rings. The third-order valence-corrected chi connectivity index (χ3v) is 8.49. The normalized spacial score (nSPS) is 12.6. The first-order valence-electron chi connectivity index (χ1n) is 13.8. The lowest BCUT2D eigenvalue weighted by atomic mass is 10.0. The molecule has 0 saturated carbocycles. The van der Waals surface area contributed by atoms with Gasteiger partial charge in [0.05, 0.1) is 5.69 Å². The zero-order chi connectivity index (χ0) is 31.2. The summed E-state index contributed by atoms with van der Waals surface area (Å²) < 4.78 is 43.1. The molecule has 3 aromatic carbocycles. The van der Waals surface area contributed by atoms with Crippen LogP contribution in [0.4, 0.5) is 10.1 Å². The van der Waals surface area contributed by atoms with Crippen LogP contribution in [0.25, 0.3) is 0 Å². The summed E-state index contributed by atoms with van der Waals surface area (Å²) in [6, 6.07) is 19.4. The summed E-state index contributed by atoms with van der Waals surface area (Å²) >= 11 is 0. The van der Waals surface area contributed by atoms with E-state index in [1.165, 1.54) is 31.1 Å². The van der Waals surface area contributed by atoms with E-state index in [0.717, 1.165) is 19.7 Å². The number of rotatable bonds is 11. The third-order valence-electron chi connectivity index (χ3n) is 6.69. The monoisotopic (exact) mass is 596 g/mol. The van der Waals surface area contributed by atoms with Gasteiger partial charge in [0.15, 0.2) is 0 Å². The van der Waals surface area contributed by atoms with Crippen molar-refractivity contribution in [3.63, 3.8) is 0 Å². The van der Waals surface area contributed by atoms with Gasteiger partial charge in [-0.1, -0.05) is 54.6 Å². The van der Waals surface area contributed by atoms with E-state index >= 15 is 0 Å². The van der Waals surface area contributed by atoms with Gasteiger partial charge in [-0.3, -0.25) is 9.59 Å². The number of carbonyl (C=O) groups is 2. The molecule has 0 spiro atoms. The average molecular weight is 597 g/mol. The number of halogens is 1. The highest BCUT2D eigenvalue weighted by atomic mass is 32.2. The number of hydrogen-bond acceptors (Lipinski definition) is 4. The number of amides is 2. The molecule has 0 heterocycles. The smallest absolute Gasteiger partial charge is 0.304 e. The molecule has 226 valence electrons. The summed E-state index contributed by atoms with van der Waals surface area (Å²) in [6.45, 7) is 8.60. The minimum absolute atomic E-state index is 0.0309. The standard InChI is InChI=1S/C32H41FN4O4S/c1-23-13-14-24(2)28(19-23)37(42(40,41)35(6)7)22-30(38)36(21-26-15-17-27(33)18-16-26)29(31(39)34-32(3,4)5)20-25-11-9-8-10-12-25/h8-19,29H,20-22H2,1-7H3,(H,34,39)/t29-/m1/s1. The molecule has 0 radical (unpaired) electrons. The molecular formula is C32H41FN4O4S. The van der Waals surface area contributed by atoms with E-state index in [4.69, 9.17) is 0 Å². The predicted octanol–water partition coefficient (Wildman–Crippen LogP) is 4.61. The van der Waals surface area contributed by atoms with Crippen LogP contribution in [0.3, 0.4) is 0 Å². The maximum atomic E-state index is 14.3. The highest BCUT2D eigenvalue weighted by Gasteiger charge is 2.36. The van der Waals surface area contributed by atoms with Crippen LogP contribution in [-0.4, -0.2) is 61.7 Å². The van der Waals surface area contributed by atoms with Gasteiger partial charge in [0.1, 0.15) is 18.4 Å². The molecule has 0 bridgehead atoms. The molecule has 0 aliphatic carbocycles. The quantitative estimate of drug-likeness (QED) is 0.350. The average Bonchev–Trinajstić information content (AvgIpc) is 2.91. The summed E-state index contributed by atoms with van der Waals surface area (Å²) in [6.07, 6.45) is 0.194. The third kappa shape index (κ3) is 8.62. The molecule has 0 aliphatic heterocycles. The van der Waals surface area contributed by atoms with Gasteiger partial charge in [-0.05, 0) is 75.1 Å². The number of aryl methyl sites for hydroxylation is 2. The van der Waals surface area contributed by atoms with Gasteiger partial charge in [-0.15, -0.1) is 0 Å². The molecule has 1 atom stereocenters. The summed E-state index contributed by atoms with van der Waals surface area (Å²) in [5.74, 6) is -1.38. The van der Waals surface area contributed by atoms with Crippen LogP contribution in [0, 0.1) is 19.7 Å². The lowest BCUT2D eigenvalue weighted by Gasteiger charge is -2.36. The SMILES string of the molecule is Cc1ccc(C)c(N(CC(=O)N(Cc2ccc(F)cc2)[C@H](Cc2ccccc2)C(=O)NC(C)(C)C)S(=O)(=O)N(C)C)c1. The topological polar surface area (TPSA) is 90.0 Å². The van der Waals surface area contributed by atoms with E-state index < -0.39 is 40.1 Å². The van der Waals surface area contributed by atoms with Gasteiger partial charge in [0, 0.05) is 32.6 Å². The molecule has 1 N–H and O–H groups in total. The fourth-order valence-electron chi connectivity index (χ4n) is 4.48. The van der Waals surface area contributed by atoms with Crippen molar-refractivity contribution < 1.29 is 22.4 Å². The minimum atomic E-state index is -4.10. The molecule has 2 amide bonds. The lowest BCUT2D eigenvalue weighted by molar-refractivity contribution is -0.140. The number of nitrogens with zero attached hydrogens (tertiary/aromatic N) is 3. The van der Waals surface area contributed by atoms with Crippen molar-refractivity contribution in [3.05, 3.63) is 101 Å². The lowest BCUT2D eigenvalue weighted by Crippen LogP contribution is -2.56. The highest BCUT2D eigenvalue weighted by molar-refractivity contribution is 7.90. The fourth-order valence-corrected chi connectivity index (χ4v) is 5.60. The molecule has 8 nitrogen and oxygen atoms in total. The summed E-state index contributed by atoms with van der Waals surface area (Å²) in [4.78, 5) is 29.5. The van der Waals surface area contributed by atoms with Gasteiger partial charge in [0.2, 0.25) is 11.8 Å². The van der Waals surface area contributed by atoms with E-state index in [1.807, 2.05) is 64.1 Å². The Morgan fingerprint density at radius 1 is 0.905 bits per heavy atom. The Bertz CT molecular complexity index is 1490. The van der Waals surface area contributed by atoms with Crippen molar-refractivity contribution in [1.29, 1.82) is 0 Å². The van der Waals surface area contributed by atoms with E-state index in [9.17, 15) is 22.4 Å². The van der Waals surface area contributed by atoms with Gasteiger partial charge in [-0.25, -0.2) is 8.70 Å². The van der Waals surface area contributed by atoms with Crippen molar-refractivity contribution in [2.45, 2.75) is 59.2 Å². The zero-order valence-electron chi connectivity index (χ0n) is 25.4. The second-order valence-electron chi connectivity index (χ2n) is 11.7. The maximum Gasteiger partial charge on any atom is 0.304 e. The van der Waals surface area contributed by atoms with Crippen LogP contribution in [0.2, 0.25) is 0 Å². The molecule has 42 heavy (non-hydrogen) atoms. The van der Waals surface area contributed by atoms with E-state index in [2.05, 4.69) is 5.32 Å². The molecule has 3 aromatic rings. The van der Waals surface area contributed by atoms with E-state index in [0.29, 0.717) is 16.8 Å². The first kappa shape index (κ1) is 32.8. The Hall–Kier alpha value is -3.76. The van der Waals surface area contributed by atoms with Crippen LogP contribution in [-0.2, 0) is 32.8 Å². The Morgan fingerprint density at radius 3 is 2.10 bits per heavy atom. The number of anilines is 1. The van der Waals surface area contributed by atoms with Crippen molar-refractivity contribution in [2.75, 3.05) is 24.9 Å². The maximum absolute atomic E-state index is 14.3. The van der Waals surface area contributed by atoms with E-state index in [1.54, 1.807) is 31.2 Å². The zero-order valence-corrected chi connectivity index (χ0v) is 26.2. The highest BCUT2D eigenvalue weighted by Crippen LogP contribution is 2.26. The molecule has 0 saturated heterocycles. The molecule has 10 heteroatoms. The van der Waals surface area contributed by atoms with Crippen LogP contribution in [0.5, 0.6) is 0 Å². The van der Waals surface area contributed by atoms with Crippen LogP contribution in [0.15, 0.2) is 72.8 Å². The van der Waals surface area contributed by atoms with Gasteiger partial charge >= 0.3 is 10.2 Å². The first-order chi connectivity index (χ1) is 19.6. The van der Waals surface area contributed by atoms with Crippen molar-refractivity contribution in [2.24, 2.45) is 0 Å². The summed E-state index contributed by atoms with van der Waals surface area (Å²) in [5, 5.41) is 2.99. The summed E-state index contributed by atoms with van der Waals surface area (Å²) in [5.41, 5.74) is 2.72. The minimum Gasteiger partial charge on any atom is -0.350 e. The van der Waals surface area contributed by atoms with Gasteiger partial charge in [-0.2, -0.15) is 12.7 Å². The molecule has 0 unspecified atom stereocenters. The number of carbonyl (C=O) groups excluding carboxylic acids is 2. The van der Waals surface area contributed by atoms with Crippen molar-refractivity contribution in [3.8, 4) is 0 Å². The Morgan fingerprint density at radius 2 is 1.52 bits per heavy atom. The molecule has 3 rings (SSSR count). The first-order valence-corrected chi connectivity index (χ1v) is 15.2. The second-order valence-corrected chi connectivity index (χ2v) is 13.7. The predicted molar refractivity (Wildman–Crippen MR) is 165 cm³/mol. The molecule has 0 aromatic heterocycles. The fraction of sp³-hybridized carbons (Fsp3) is 0.375. The van der Waals surface area contributed by atoms with Crippen LogP contribution >= 0.6 is 0 Å². The Balaban J connectivity index is 2.14. The van der Waals surface area contributed by atoms with Gasteiger partial charge < -0.3 is 10.2 Å². The molecule has 0 fully saturated rings. The van der Waals surface area contributed by atoms with Crippen LogP contribution < -0.4 is 9.62 Å². The van der Waals surface area contributed by atoms with Crippen molar-refractivity contribution >= 4 is 27.7 Å². The molecular weight excluding hydrogens is 555 g/mol. The second kappa shape index (κ2) is 13.5. The van der Waals surface area contributed by atoms with E-state index in [-0.39, 0.29) is 18.9 Å². The number of nitrogens with one attached hydrogen (secondary N) is 1. The largest absolute Gasteiger partial charge is 0.350 e. The Labute approximate surface area is 249 Å². The van der Waals surface area contributed by atoms with Crippen LogP contribution in [0.1, 0.15) is 43.0 Å². The van der Waals surface area contributed by atoms with Gasteiger partial charge in [0.25, 0.3) is 0 Å². The number of hydrogen-bond donors (Lipinski definition) is 1.